The quantitative estimate of drug-likeness (QED) is 0.609. The van der Waals surface area contributed by atoms with Crippen molar-refractivity contribution in [2.75, 3.05) is 5.75 Å². The van der Waals surface area contributed by atoms with E-state index in [2.05, 4.69) is 4.98 Å². The van der Waals surface area contributed by atoms with Gasteiger partial charge < -0.3 is 0 Å². The molecule has 0 N–H and O–H groups in total. The molecule has 0 atom stereocenters. The molecule has 2 rings (SSSR count). The lowest BCUT2D eigenvalue weighted by atomic mass is 10.2. The normalized spacial score (nSPS) is 10.2. The molecule has 3 heteroatoms. The van der Waals surface area contributed by atoms with Crippen LogP contribution < -0.4 is 0 Å². The highest BCUT2D eigenvalue weighted by Gasteiger charge is 2.06. The first-order valence-corrected chi connectivity index (χ1v) is 6.37. The third-order valence-corrected chi connectivity index (χ3v) is 3.32. The molecule has 1 aromatic carbocycles. The Hall–Kier alpha value is -1.61. The number of hydrogen-bond acceptors (Lipinski definition) is 3. The smallest absolute Gasteiger partial charge is 0.174 e. The second-order valence-electron chi connectivity index (χ2n) is 3.78. The van der Waals surface area contributed by atoms with Gasteiger partial charge in [-0.1, -0.05) is 18.2 Å². The summed E-state index contributed by atoms with van der Waals surface area (Å²) >= 11 is 1.55. The van der Waals surface area contributed by atoms with Crippen LogP contribution in [0, 0.1) is 6.92 Å². The molecule has 0 fully saturated rings. The molecular formula is C14H13NOS. The van der Waals surface area contributed by atoms with Crippen molar-refractivity contribution >= 4 is 17.5 Å². The van der Waals surface area contributed by atoms with Crippen LogP contribution in [0.2, 0.25) is 0 Å². The number of carbonyl (C=O) groups excluding carboxylic acids is 1. The number of benzene rings is 1. The molecule has 1 heterocycles. The Bertz CT molecular complexity index is 511. The van der Waals surface area contributed by atoms with E-state index in [1.54, 1.807) is 24.2 Å². The van der Waals surface area contributed by atoms with Crippen molar-refractivity contribution in [3.63, 3.8) is 0 Å². The predicted octanol–water partition coefficient (Wildman–Crippen LogP) is 3.37. The maximum absolute atomic E-state index is 11.9. The van der Waals surface area contributed by atoms with Crippen LogP contribution in [-0.4, -0.2) is 16.5 Å². The third kappa shape index (κ3) is 3.43. The van der Waals surface area contributed by atoms with Gasteiger partial charge in [0.2, 0.25) is 0 Å². The van der Waals surface area contributed by atoms with Gasteiger partial charge in [0.1, 0.15) is 0 Å². The summed E-state index contributed by atoms with van der Waals surface area (Å²) in [6, 6.07) is 11.8. The summed E-state index contributed by atoms with van der Waals surface area (Å²) in [5.41, 5.74) is 1.70. The van der Waals surface area contributed by atoms with Crippen LogP contribution in [0.15, 0.2) is 53.7 Å². The average Bonchev–Trinajstić information content (AvgIpc) is 2.37. The maximum Gasteiger partial charge on any atom is 0.174 e. The van der Waals surface area contributed by atoms with Crippen molar-refractivity contribution in [1.82, 2.24) is 4.98 Å². The third-order valence-electron chi connectivity index (χ3n) is 2.31. The molecular weight excluding hydrogens is 230 g/mol. The summed E-state index contributed by atoms with van der Waals surface area (Å²) in [6.07, 6.45) is 3.38. The zero-order valence-corrected chi connectivity index (χ0v) is 10.4. The lowest BCUT2D eigenvalue weighted by Gasteiger charge is -2.02. The van der Waals surface area contributed by atoms with E-state index in [4.69, 9.17) is 0 Å². The molecule has 1 aromatic heterocycles. The van der Waals surface area contributed by atoms with E-state index in [0.29, 0.717) is 11.3 Å². The molecule has 86 valence electrons. The molecule has 0 radical (unpaired) electrons. The number of aromatic nitrogens is 1. The molecule has 2 aromatic rings. The van der Waals surface area contributed by atoms with E-state index in [1.165, 1.54) is 0 Å². The first kappa shape index (κ1) is 11.9. The monoisotopic (exact) mass is 243 g/mol. The standard InChI is InChI=1S/C14H13NOS/c1-11-7-12(9-15-8-11)14(16)10-17-13-5-3-2-4-6-13/h2-9H,10H2,1H3. The molecule has 0 aliphatic rings. The van der Waals surface area contributed by atoms with Gasteiger partial charge in [-0.25, -0.2) is 0 Å². The second-order valence-corrected chi connectivity index (χ2v) is 4.82. The van der Waals surface area contributed by atoms with Gasteiger partial charge >= 0.3 is 0 Å². The van der Waals surface area contributed by atoms with Crippen molar-refractivity contribution < 1.29 is 4.79 Å². The van der Waals surface area contributed by atoms with E-state index in [0.717, 1.165) is 10.5 Å². The molecule has 0 spiro atoms. The highest BCUT2D eigenvalue weighted by molar-refractivity contribution is 8.00. The largest absolute Gasteiger partial charge is 0.293 e. The van der Waals surface area contributed by atoms with Gasteiger partial charge in [-0.2, -0.15) is 0 Å². The Labute approximate surface area is 105 Å². The van der Waals surface area contributed by atoms with Crippen LogP contribution in [0.1, 0.15) is 15.9 Å². The number of nitrogens with zero attached hydrogens (tertiary/aromatic N) is 1. The number of rotatable bonds is 4. The van der Waals surface area contributed by atoms with Crippen LogP contribution in [0.25, 0.3) is 0 Å². The minimum Gasteiger partial charge on any atom is -0.293 e. The molecule has 0 unspecified atom stereocenters. The summed E-state index contributed by atoms with van der Waals surface area (Å²) in [5, 5.41) is 0. The lowest BCUT2D eigenvalue weighted by Crippen LogP contribution is -2.03. The summed E-state index contributed by atoms with van der Waals surface area (Å²) in [5.74, 6) is 0.574. The lowest BCUT2D eigenvalue weighted by molar-refractivity contribution is 0.102. The molecule has 0 amide bonds. The van der Waals surface area contributed by atoms with Crippen LogP contribution in [0.4, 0.5) is 0 Å². The minimum atomic E-state index is 0.120. The van der Waals surface area contributed by atoms with Crippen molar-refractivity contribution in [3.8, 4) is 0 Å². The Morgan fingerprint density at radius 2 is 2.00 bits per heavy atom. The molecule has 0 saturated carbocycles. The SMILES string of the molecule is Cc1cncc(C(=O)CSc2ccccc2)c1. The van der Waals surface area contributed by atoms with Crippen molar-refractivity contribution in [2.45, 2.75) is 11.8 Å². The van der Waals surface area contributed by atoms with E-state index in [1.807, 2.05) is 43.3 Å². The Morgan fingerprint density at radius 1 is 1.24 bits per heavy atom. The van der Waals surface area contributed by atoms with Gasteiger partial charge in [0.15, 0.2) is 5.78 Å². The fourth-order valence-corrected chi connectivity index (χ4v) is 2.27. The first-order valence-electron chi connectivity index (χ1n) is 5.38. The van der Waals surface area contributed by atoms with Crippen LogP contribution in [0.5, 0.6) is 0 Å². The van der Waals surface area contributed by atoms with E-state index in [9.17, 15) is 4.79 Å². The zero-order chi connectivity index (χ0) is 12.1. The van der Waals surface area contributed by atoms with Crippen molar-refractivity contribution in [1.29, 1.82) is 0 Å². The fraction of sp³-hybridized carbons (Fsp3) is 0.143. The first-order chi connectivity index (χ1) is 8.25. The summed E-state index contributed by atoms with van der Waals surface area (Å²) < 4.78 is 0. The molecule has 17 heavy (non-hydrogen) atoms. The zero-order valence-electron chi connectivity index (χ0n) is 9.59. The van der Waals surface area contributed by atoms with Gasteiger partial charge in [0, 0.05) is 22.9 Å². The highest BCUT2D eigenvalue weighted by atomic mass is 32.2. The number of carbonyl (C=O) groups is 1. The van der Waals surface area contributed by atoms with Gasteiger partial charge in [-0.05, 0) is 30.7 Å². The topological polar surface area (TPSA) is 30.0 Å². The van der Waals surface area contributed by atoms with Crippen molar-refractivity contribution in [3.05, 3.63) is 59.9 Å². The Balaban J connectivity index is 1.98. The Kier molecular flexibility index (Phi) is 3.94. The molecule has 0 aliphatic carbocycles. The van der Waals surface area contributed by atoms with Gasteiger partial charge in [0.05, 0.1) is 5.75 Å². The molecule has 0 bridgehead atoms. The van der Waals surface area contributed by atoms with Crippen LogP contribution >= 0.6 is 11.8 Å². The number of Topliss-reactive ketones (excluding diaryl/α,β-unsaturated/α-hetero) is 1. The van der Waals surface area contributed by atoms with Gasteiger partial charge in [-0.3, -0.25) is 9.78 Å². The van der Waals surface area contributed by atoms with Crippen LogP contribution in [0.3, 0.4) is 0 Å². The average molecular weight is 243 g/mol. The van der Waals surface area contributed by atoms with Gasteiger partial charge in [-0.15, -0.1) is 11.8 Å². The highest BCUT2D eigenvalue weighted by Crippen LogP contribution is 2.18. The number of thioether (sulfide) groups is 1. The summed E-state index contributed by atoms with van der Waals surface area (Å²) in [7, 11) is 0. The number of pyridine rings is 1. The predicted molar refractivity (Wildman–Crippen MR) is 70.5 cm³/mol. The van der Waals surface area contributed by atoms with Crippen molar-refractivity contribution in [2.24, 2.45) is 0 Å². The molecule has 0 saturated heterocycles. The number of aryl methyl sites for hydroxylation is 1. The number of hydrogen-bond donors (Lipinski definition) is 0. The molecule has 2 nitrogen and oxygen atoms in total. The van der Waals surface area contributed by atoms with Gasteiger partial charge in [0.25, 0.3) is 0 Å². The summed E-state index contributed by atoms with van der Waals surface area (Å²) in [4.78, 5) is 17.1. The minimum absolute atomic E-state index is 0.120. The van der Waals surface area contributed by atoms with E-state index >= 15 is 0 Å². The summed E-state index contributed by atoms with van der Waals surface area (Å²) in [6.45, 7) is 1.94. The van der Waals surface area contributed by atoms with E-state index < -0.39 is 0 Å². The fourth-order valence-electron chi connectivity index (χ4n) is 1.46. The number of ketones is 1. The second kappa shape index (κ2) is 5.64. The molecule has 0 aliphatic heterocycles. The van der Waals surface area contributed by atoms with E-state index in [-0.39, 0.29) is 5.78 Å². The maximum atomic E-state index is 11.9. The van der Waals surface area contributed by atoms with Crippen LogP contribution in [-0.2, 0) is 0 Å². The Morgan fingerprint density at radius 3 is 2.71 bits per heavy atom.